The highest BCUT2D eigenvalue weighted by Crippen LogP contribution is 2.28. The zero-order valence-electron chi connectivity index (χ0n) is 11.9. The lowest BCUT2D eigenvalue weighted by atomic mass is 9.96. The molecular formula is C13H25BrN2O2S. The van der Waals surface area contributed by atoms with Crippen LogP contribution in [-0.4, -0.2) is 48.0 Å². The van der Waals surface area contributed by atoms with Gasteiger partial charge in [-0.2, -0.15) is 17.0 Å². The Kier molecular flexibility index (Phi) is 5.31. The van der Waals surface area contributed by atoms with E-state index >= 15 is 0 Å². The molecular weight excluding hydrogens is 328 g/mol. The largest absolute Gasteiger partial charge is 0.281 e. The lowest BCUT2D eigenvalue weighted by Crippen LogP contribution is -2.50. The molecule has 0 spiro atoms. The number of rotatable bonds is 3. The normalized spacial score (nSPS) is 30.4. The minimum absolute atomic E-state index is 0.479. The molecule has 0 saturated carbocycles. The van der Waals surface area contributed by atoms with Gasteiger partial charge in [0.2, 0.25) is 0 Å². The van der Waals surface area contributed by atoms with E-state index in [0.717, 1.165) is 25.7 Å². The minimum atomic E-state index is -3.22. The molecule has 2 rings (SSSR count). The Bertz CT molecular complexity index is 391. The Morgan fingerprint density at radius 3 is 2.26 bits per heavy atom. The molecule has 2 aliphatic rings. The van der Waals surface area contributed by atoms with Crippen molar-refractivity contribution in [2.75, 3.05) is 26.2 Å². The van der Waals surface area contributed by atoms with E-state index in [1.54, 1.807) is 8.61 Å². The summed E-state index contributed by atoms with van der Waals surface area (Å²) in [6.45, 7) is 7.03. The van der Waals surface area contributed by atoms with Gasteiger partial charge in [0, 0.05) is 31.0 Å². The van der Waals surface area contributed by atoms with Crippen molar-refractivity contribution in [3.63, 3.8) is 0 Å². The molecule has 0 amide bonds. The zero-order valence-corrected chi connectivity index (χ0v) is 14.3. The monoisotopic (exact) mass is 352 g/mol. The predicted molar refractivity (Wildman–Crippen MR) is 81.6 cm³/mol. The van der Waals surface area contributed by atoms with E-state index in [2.05, 4.69) is 29.8 Å². The predicted octanol–water partition coefficient (Wildman–Crippen LogP) is 2.46. The quantitative estimate of drug-likeness (QED) is 0.732. The van der Waals surface area contributed by atoms with Crippen LogP contribution in [0.15, 0.2) is 0 Å². The molecule has 0 aromatic heterocycles. The maximum absolute atomic E-state index is 12.6. The first-order chi connectivity index (χ1) is 8.91. The first-order valence-corrected chi connectivity index (χ1v) is 9.62. The van der Waals surface area contributed by atoms with Crippen molar-refractivity contribution >= 4 is 26.1 Å². The molecule has 2 unspecified atom stereocenters. The van der Waals surface area contributed by atoms with Crippen LogP contribution in [0.4, 0.5) is 0 Å². The van der Waals surface area contributed by atoms with Gasteiger partial charge >= 0.3 is 0 Å². The highest BCUT2D eigenvalue weighted by Gasteiger charge is 2.35. The third-order valence-electron chi connectivity index (χ3n) is 4.42. The van der Waals surface area contributed by atoms with E-state index < -0.39 is 10.2 Å². The smallest absolute Gasteiger partial charge is 0.195 e. The Morgan fingerprint density at radius 2 is 1.74 bits per heavy atom. The number of halogens is 1. The van der Waals surface area contributed by atoms with Gasteiger partial charge < -0.3 is 0 Å². The number of piperidine rings is 2. The van der Waals surface area contributed by atoms with Gasteiger partial charge in [-0.05, 0) is 37.5 Å². The molecule has 19 heavy (non-hydrogen) atoms. The molecule has 0 aromatic rings. The van der Waals surface area contributed by atoms with Gasteiger partial charge in [-0.1, -0.05) is 29.8 Å². The zero-order chi connectivity index (χ0) is 14.0. The van der Waals surface area contributed by atoms with Crippen LogP contribution in [0.1, 0.15) is 39.5 Å². The molecule has 0 bridgehead atoms. The van der Waals surface area contributed by atoms with E-state index in [-0.39, 0.29) is 0 Å². The van der Waals surface area contributed by atoms with Crippen LogP contribution in [-0.2, 0) is 10.2 Å². The average Bonchev–Trinajstić information content (AvgIpc) is 2.39. The van der Waals surface area contributed by atoms with E-state index in [1.807, 2.05) is 0 Å². The fraction of sp³-hybridized carbons (Fsp3) is 1.00. The van der Waals surface area contributed by atoms with Crippen LogP contribution in [0.5, 0.6) is 0 Å². The molecule has 6 heteroatoms. The third kappa shape index (κ3) is 3.71. The van der Waals surface area contributed by atoms with Gasteiger partial charge in [-0.25, -0.2) is 0 Å². The topological polar surface area (TPSA) is 40.6 Å². The van der Waals surface area contributed by atoms with Crippen molar-refractivity contribution in [3.8, 4) is 0 Å². The molecule has 112 valence electrons. The molecule has 2 fully saturated rings. The second-order valence-corrected chi connectivity index (χ2v) is 9.40. The van der Waals surface area contributed by atoms with E-state index in [4.69, 9.17) is 0 Å². The van der Waals surface area contributed by atoms with Crippen molar-refractivity contribution in [2.24, 2.45) is 11.8 Å². The molecule has 0 aliphatic carbocycles. The van der Waals surface area contributed by atoms with Crippen LogP contribution >= 0.6 is 15.9 Å². The molecule has 2 aliphatic heterocycles. The number of alkyl halides is 1. The molecule has 0 aromatic carbocycles. The lowest BCUT2D eigenvalue weighted by Gasteiger charge is -2.38. The summed E-state index contributed by atoms with van der Waals surface area (Å²) in [5.41, 5.74) is 0. The summed E-state index contributed by atoms with van der Waals surface area (Å²) in [4.78, 5) is 0.479. The van der Waals surface area contributed by atoms with Crippen LogP contribution in [0.25, 0.3) is 0 Å². The third-order valence-corrected chi connectivity index (χ3v) is 7.17. The SMILES string of the molecule is CC1CCCN(S(=O)(=O)N2CCC(C(C)Br)CC2)C1. The lowest BCUT2D eigenvalue weighted by molar-refractivity contribution is 0.228. The van der Waals surface area contributed by atoms with E-state index in [0.29, 0.717) is 42.8 Å². The Labute approximate surface area is 125 Å². The van der Waals surface area contributed by atoms with Crippen molar-refractivity contribution in [3.05, 3.63) is 0 Å². The summed E-state index contributed by atoms with van der Waals surface area (Å²) < 4.78 is 28.6. The first kappa shape index (κ1) is 15.7. The average molecular weight is 353 g/mol. The number of hydrogen-bond donors (Lipinski definition) is 0. The van der Waals surface area contributed by atoms with E-state index in [9.17, 15) is 8.42 Å². The maximum atomic E-state index is 12.6. The molecule has 2 heterocycles. The van der Waals surface area contributed by atoms with Gasteiger partial charge in [0.05, 0.1) is 0 Å². The van der Waals surface area contributed by atoms with Gasteiger partial charge in [0.1, 0.15) is 0 Å². The van der Waals surface area contributed by atoms with Crippen molar-refractivity contribution in [2.45, 2.75) is 44.4 Å². The van der Waals surface area contributed by atoms with Gasteiger partial charge in [-0.3, -0.25) is 0 Å². The molecule has 0 radical (unpaired) electrons. The summed E-state index contributed by atoms with van der Waals surface area (Å²) in [6.07, 6.45) is 4.08. The Hall–Kier alpha value is 0.350. The second-order valence-electron chi connectivity index (χ2n) is 6.03. The molecule has 4 nitrogen and oxygen atoms in total. The summed E-state index contributed by atoms with van der Waals surface area (Å²) >= 11 is 3.61. The summed E-state index contributed by atoms with van der Waals surface area (Å²) in [5.74, 6) is 1.09. The summed E-state index contributed by atoms with van der Waals surface area (Å²) in [6, 6.07) is 0. The minimum Gasteiger partial charge on any atom is -0.195 e. The number of nitrogens with zero attached hydrogens (tertiary/aromatic N) is 2. The maximum Gasteiger partial charge on any atom is 0.281 e. The molecule has 2 saturated heterocycles. The van der Waals surface area contributed by atoms with Gasteiger partial charge in [-0.15, -0.1) is 0 Å². The van der Waals surface area contributed by atoms with Crippen molar-refractivity contribution < 1.29 is 8.42 Å². The second kappa shape index (κ2) is 6.41. The van der Waals surface area contributed by atoms with Crippen LogP contribution in [0.2, 0.25) is 0 Å². The van der Waals surface area contributed by atoms with Gasteiger partial charge in [0.15, 0.2) is 0 Å². The van der Waals surface area contributed by atoms with Crippen LogP contribution in [0, 0.1) is 11.8 Å². The summed E-state index contributed by atoms with van der Waals surface area (Å²) in [5, 5.41) is 0. The fourth-order valence-electron chi connectivity index (χ4n) is 3.08. The highest BCUT2D eigenvalue weighted by atomic mass is 79.9. The van der Waals surface area contributed by atoms with Gasteiger partial charge in [0.25, 0.3) is 10.2 Å². The van der Waals surface area contributed by atoms with Crippen LogP contribution < -0.4 is 0 Å². The fourth-order valence-corrected chi connectivity index (χ4v) is 5.42. The summed E-state index contributed by atoms with van der Waals surface area (Å²) in [7, 11) is -3.22. The standard InChI is InChI=1S/C13H25BrN2O2S/c1-11-4-3-7-16(10-11)19(17,18)15-8-5-13(6-9-15)12(2)14/h11-13H,3-10H2,1-2H3. The Morgan fingerprint density at radius 1 is 1.11 bits per heavy atom. The van der Waals surface area contributed by atoms with Crippen molar-refractivity contribution in [1.29, 1.82) is 0 Å². The van der Waals surface area contributed by atoms with Crippen LogP contribution in [0.3, 0.4) is 0 Å². The Balaban J connectivity index is 1.97. The molecule has 2 atom stereocenters. The number of hydrogen-bond acceptors (Lipinski definition) is 2. The molecule has 0 N–H and O–H groups in total. The highest BCUT2D eigenvalue weighted by molar-refractivity contribution is 9.09. The van der Waals surface area contributed by atoms with Crippen molar-refractivity contribution in [1.82, 2.24) is 8.61 Å². The van der Waals surface area contributed by atoms with E-state index in [1.165, 1.54) is 0 Å². The first-order valence-electron chi connectivity index (χ1n) is 7.30.